The molecule has 2 heterocycles. The summed E-state index contributed by atoms with van der Waals surface area (Å²) in [5.74, 6) is -0.501. The van der Waals surface area contributed by atoms with E-state index >= 15 is 0 Å². The van der Waals surface area contributed by atoms with E-state index in [2.05, 4.69) is 0 Å². The number of carbonyl (C=O) groups is 2. The van der Waals surface area contributed by atoms with Crippen LogP contribution in [0.4, 0.5) is 4.79 Å². The molecule has 0 bridgehead atoms. The maximum absolute atomic E-state index is 13.3. The Balaban J connectivity index is 1.31. The number of benzene rings is 2. The molecular weight excluding hydrogens is 476 g/mol. The van der Waals surface area contributed by atoms with Crippen molar-refractivity contribution in [2.75, 3.05) is 32.9 Å². The first-order valence-electron chi connectivity index (χ1n) is 11.4. The van der Waals surface area contributed by atoms with Gasteiger partial charge in [-0.25, -0.2) is 18.7 Å². The second-order valence-corrected chi connectivity index (χ2v) is 10.7. The lowest BCUT2D eigenvalue weighted by Crippen LogP contribution is -2.54. The van der Waals surface area contributed by atoms with Crippen molar-refractivity contribution in [1.29, 1.82) is 0 Å². The molecule has 2 aliphatic rings. The Hall–Kier alpha value is -3.15. The van der Waals surface area contributed by atoms with Crippen molar-refractivity contribution >= 4 is 21.8 Å². The van der Waals surface area contributed by atoms with Gasteiger partial charge in [0.1, 0.15) is 11.9 Å². The summed E-state index contributed by atoms with van der Waals surface area (Å²) < 4.78 is 41.1. The maximum atomic E-state index is 13.3. The minimum Gasteiger partial charge on any atom is -0.494 e. The van der Waals surface area contributed by atoms with Gasteiger partial charge in [-0.3, -0.25) is 10.0 Å². The second kappa shape index (κ2) is 10.6. The largest absolute Gasteiger partial charge is 0.494 e. The van der Waals surface area contributed by atoms with Gasteiger partial charge in [0.2, 0.25) is 0 Å². The molecule has 1 atom stereocenters. The Bertz CT molecular complexity index is 1130. The third-order valence-corrected chi connectivity index (χ3v) is 8.88. The number of nitrogens with zero attached hydrogens (tertiary/aromatic N) is 1. The smallest absolute Gasteiger partial charge is 0.410 e. The Morgan fingerprint density at radius 2 is 1.80 bits per heavy atom. The van der Waals surface area contributed by atoms with Gasteiger partial charge in [0.15, 0.2) is 14.6 Å². The molecular formula is C24H28N2O8S. The molecule has 2 N–H and O–H groups in total. The molecule has 0 spiro atoms. The van der Waals surface area contributed by atoms with Crippen LogP contribution in [-0.4, -0.2) is 68.2 Å². The zero-order chi connectivity index (χ0) is 24.9. The fourth-order valence-electron chi connectivity index (χ4n) is 4.34. The summed E-state index contributed by atoms with van der Waals surface area (Å²) in [6.45, 7) is 1.47. The van der Waals surface area contributed by atoms with Gasteiger partial charge < -0.3 is 19.1 Å². The van der Waals surface area contributed by atoms with Crippen LogP contribution >= 0.6 is 0 Å². The highest BCUT2D eigenvalue weighted by Crippen LogP contribution is 2.36. The summed E-state index contributed by atoms with van der Waals surface area (Å²) in [5, 5.41) is 9.14. The molecule has 2 saturated heterocycles. The minimum absolute atomic E-state index is 0.0397. The number of hydroxylamine groups is 1. The lowest BCUT2D eigenvalue weighted by atomic mass is 9.98. The Labute approximate surface area is 203 Å². The number of rotatable bonds is 9. The fraction of sp³-hybridized carbons (Fsp3) is 0.417. The number of hydrogen-bond donors (Lipinski definition) is 2. The predicted octanol–water partition coefficient (Wildman–Crippen LogP) is 2.48. The molecule has 11 heteroatoms. The van der Waals surface area contributed by atoms with Crippen molar-refractivity contribution in [1.82, 2.24) is 10.4 Å². The van der Waals surface area contributed by atoms with E-state index in [1.807, 2.05) is 30.3 Å². The molecule has 35 heavy (non-hydrogen) atoms. The van der Waals surface area contributed by atoms with Crippen molar-refractivity contribution in [2.45, 2.75) is 35.0 Å². The molecule has 2 aliphatic heterocycles. The van der Waals surface area contributed by atoms with Gasteiger partial charge in [-0.1, -0.05) is 30.3 Å². The van der Waals surface area contributed by atoms with Crippen LogP contribution in [0.15, 0.2) is 59.5 Å². The number of amides is 2. The van der Waals surface area contributed by atoms with Crippen LogP contribution in [0.5, 0.6) is 5.75 Å². The fourth-order valence-corrected chi connectivity index (χ4v) is 6.28. The molecule has 2 aromatic carbocycles. The Kier molecular flexibility index (Phi) is 7.58. The summed E-state index contributed by atoms with van der Waals surface area (Å²) in [5.41, 5.74) is 2.45. The van der Waals surface area contributed by atoms with Gasteiger partial charge in [-0.2, -0.15) is 0 Å². The number of sulfone groups is 1. The van der Waals surface area contributed by atoms with E-state index in [1.54, 1.807) is 4.90 Å². The molecule has 0 aliphatic carbocycles. The molecule has 2 aromatic rings. The third kappa shape index (κ3) is 5.12. The number of nitrogens with one attached hydrogen (secondary N) is 1. The predicted molar refractivity (Wildman–Crippen MR) is 124 cm³/mol. The van der Waals surface area contributed by atoms with Crippen LogP contribution in [-0.2, 0) is 24.1 Å². The van der Waals surface area contributed by atoms with Crippen LogP contribution in [0, 0.1) is 0 Å². The first kappa shape index (κ1) is 25.0. The van der Waals surface area contributed by atoms with E-state index in [9.17, 15) is 18.0 Å². The van der Waals surface area contributed by atoms with Gasteiger partial charge in [0.25, 0.3) is 5.91 Å². The van der Waals surface area contributed by atoms with Crippen LogP contribution in [0.3, 0.4) is 0 Å². The number of ether oxygens (including phenoxy) is 3. The summed E-state index contributed by atoms with van der Waals surface area (Å²) in [6, 6.07) is 15.4. The summed E-state index contributed by atoms with van der Waals surface area (Å²) in [6.07, 6.45) is -0.182. The average molecular weight is 505 g/mol. The van der Waals surface area contributed by atoms with Gasteiger partial charge in [-0.15, -0.1) is 0 Å². The van der Waals surface area contributed by atoms with Crippen LogP contribution in [0.25, 0.3) is 0 Å². The van der Waals surface area contributed by atoms with Crippen molar-refractivity contribution in [2.24, 2.45) is 0 Å². The Morgan fingerprint density at radius 1 is 1.11 bits per heavy atom. The van der Waals surface area contributed by atoms with Crippen LogP contribution in [0.1, 0.15) is 30.9 Å². The lowest BCUT2D eigenvalue weighted by molar-refractivity contribution is -0.134. The van der Waals surface area contributed by atoms with E-state index in [0.29, 0.717) is 31.9 Å². The number of hydrogen-bond acceptors (Lipinski definition) is 8. The molecule has 0 radical (unpaired) electrons. The zero-order valence-corrected chi connectivity index (χ0v) is 19.9. The minimum atomic E-state index is -4.09. The average Bonchev–Trinajstić information content (AvgIpc) is 3.27. The van der Waals surface area contributed by atoms with Gasteiger partial charge in [0.05, 0.1) is 18.0 Å². The summed E-state index contributed by atoms with van der Waals surface area (Å²) in [7, 11) is -4.09. The van der Waals surface area contributed by atoms with E-state index in [1.165, 1.54) is 29.7 Å². The second-order valence-electron chi connectivity index (χ2n) is 8.45. The van der Waals surface area contributed by atoms with E-state index in [4.69, 9.17) is 19.4 Å². The quantitative estimate of drug-likeness (QED) is 0.303. The molecule has 10 nitrogen and oxygen atoms in total. The molecule has 0 saturated carbocycles. The maximum Gasteiger partial charge on any atom is 0.410 e. The SMILES string of the molecule is O=C1OC(c2ccccc2)CN1CCCOc1ccc(S(=O)(=O)C2(C(=O)NO)CCOCC2)cc1. The molecule has 4 rings (SSSR count). The summed E-state index contributed by atoms with van der Waals surface area (Å²) in [4.78, 5) is 26.1. The molecule has 2 amide bonds. The van der Waals surface area contributed by atoms with Gasteiger partial charge >= 0.3 is 6.09 Å². The number of carbonyl (C=O) groups excluding carboxylic acids is 2. The molecule has 0 aromatic heterocycles. The van der Waals surface area contributed by atoms with Crippen molar-refractivity contribution in [3.8, 4) is 5.75 Å². The normalized spacial score (nSPS) is 19.7. The van der Waals surface area contributed by atoms with Crippen molar-refractivity contribution in [3.63, 3.8) is 0 Å². The highest BCUT2D eigenvalue weighted by atomic mass is 32.2. The van der Waals surface area contributed by atoms with Crippen molar-refractivity contribution < 1.29 is 37.4 Å². The van der Waals surface area contributed by atoms with Crippen molar-refractivity contribution in [3.05, 3.63) is 60.2 Å². The molecule has 188 valence electrons. The van der Waals surface area contributed by atoms with Crippen LogP contribution in [0.2, 0.25) is 0 Å². The molecule has 2 fully saturated rings. The van der Waals surface area contributed by atoms with E-state index < -0.39 is 20.5 Å². The third-order valence-electron chi connectivity index (χ3n) is 6.36. The first-order valence-corrected chi connectivity index (χ1v) is 12.9. The van der Waals surface area contributed by atoms with Crippen LogP contribution < -0.4 is 10.2 Å². The van der Waals surface area contributed by atoms with Gasteiger partial charge in [-0.05, 0) is 49.1 Å². The Morgan fingerprint density at radius 3 is 2.46 bits per heavy atom. The van der Waals surface area contributed by atoms with E-state index in [-0.39, 0.29) is 43.1 Å². The summed E-state index contributed by atoms with van der Waals surface area (Å²) >= 11 is 0. The highest BCUT2D eigenvalue weighted by Gasteiger charge is 2.52. The highest BCUT2D eigenvalue weighted by molar-refractivity contribution is 7.93. The lowest BCUT2D eigenvalue weighted by Gasteiger charge is -2.34. The molecule has 1 unspecified atom stereocenters. The first-order chi connectivity index (χ1) is 16.9. The topological polar surface area (TPSA) is 131 Å². The standard InChI is InChI=1S/C24H28N2O8S/c27-22(25-29)24(11-15-32-16-12-24)35(30,31)20-9-7-19(8-10-20)33-14-4-13-26-17-21(34-23(26)28)18-5-2-1-3-6-18/h1-3,5-10,21,29H,4,11-17H2,(H,25,27). The monoisotopic (exact) mass is 504 g/mol. The van der Waals surface area contributed by atoms with Gasteiger partial charge in [0, 0.05) is 19.8 Å². The number of cyclic esters (lactones) is 1. The zero-order valence-electron chi connectivity index (χ0n) is 19.1. The van der Waals surface area contributed by atoms with E-state index in [0.717, 1.165) is 5.56 Å².